The molecule has 0 spiro atoms. The second kappa shape index (κ2) is 9.32. The number of likely N-dealkylation sites (N-methyl/N-ethyl adjacent to an activating group) is 1. The van der Waals surface area contributed by atoms with Crippen LogP contribution in [-0.2, 0) is 4.74 Å². The molecule has 0 bridgehead atoms. The molecule has 2 N–H and O–H groups in total. The molecule has 1 rings (SSSR count). The number of nitrogens with zero attached hydrogens (tertiary/aromatic N) is 1. The van der Waals surface area contributed by atoms with Gasteiger partial charge in [0.15, 0.2) is 0 Å². The second-order valence-corrected chi connectivity index (χ2v) is 5.46. The molecule has 5 heteroatoms. The van der Waals surface area contributed by atoms with E-state index in [0.29, 0.717) is 19.7 Å². The molecule has 0 aliphatic heterocycles. The van der Waals surface area contributed by atoms with Crippen molar-refractivity contribution in [3.05, 3.63) is 34.9 Å². The van der Waals surface area contributed by atoms with Gasteiger partial charge in [-0.3, -0.25) is 4.90 Å². The molecular weight excluding hydrogens is 276 g/mol. The largest absolute Gasteiger partial charge is 0.390 e. The van der Waals surface area contributed by atoms with Crippen LogP contribution in [-0.4, -0.2) is 56.5 Å². The fourth-order valence-corrected chi connectivity index (χ4v) is 2.22. The van der Waals surface area contributed by atoms with Crippen molar-refractivity contribution in [3.8, 4) is 0 Å². The smallest absolute Gasteiger partial charge is 0.0791 e. The van der Waals surface area contributed by atoms with E-state index in [1.165, 1.54) is 0 Å². The van der Waals surface area contributed by atoms with Crippen LogP contribution in [0.5, 0.6) is 0 Å². The van der Waals surface area contributed by atoms with Crippen molar-refractivity contribution in [1.82, 2.24) is 10.2 Å². The average Bonchev–Trinajstić information content (AvgIpc) is 2.42. The summed E-state index contributed by atoms with van der Waals surface area (Å²) in [6.07, 6.45) is -0.404. The highest BCUT2D eigenvalue weighted by atomic mass is 35.5. The average molecular weight is 301 g/mol. The van der Waals surface area contributed by atoms with E-state index >= 15 is 0 Å². The molecule has 20 heavy (non-hydrogen) atoms. The minimum atomic E-state index is -0.404. The number of hydrogen-bond donors (Lipinski definition) is 2. The maximum atomic E-state index is 10.00. The van der Waals surface area contributed by atoms with Crippen LogP contribution in [0.4, 0.5) is 0 Å². The molecule has 0 aromatic heterocycles. The summed E-state index contributed by atoms with van der Waals surface area (Å²) in [5.41, 5.74) is 1.15. The molecule has 0 saturated heterocycles. The molecule has 0 amide bonds. The maximum Gasteiger partial charge on any atom is 0.0791 e. The SMILES string of the molecule is COCCNCC(O)CN(C)C(C)c1cccc(Cl)c1. The summed E-state index contributed by atoms with van der Waals surface area (Å²) in [5, 5.41) is 13.9. The van der Waals surface area contributed by atoms with E-state index in [-0.39, 0.29) is 6.04 Å². The highest BCUT2D eigenvalue weighted by Gasteiger charge is 2.15. The zero-order valence-corrected chi connectivity index (χ0v) is 13.2. The quantitative estimate of drug-likeness (QED) is 0.684. The minimum absolute atomic E-state index is 0.210. The third kappa shape index (κ3) is 6.20. The fourth-order valence-electron chi connectivity index (χ4n) is 2.02. The van der Waals surface area contributed by atoms with Gasteiger partial charge in [-0.25, -0.2) is 0 Å². The Kier molecular flexibility index (Phi) is 8.11. The van der Waals surface area contributed by atoms with Crippen molar-refractivity contribution in [2.75, 3.05) is 40.4 Å². The van der Waals surface area contributed by atoms with Gasteiger partial charge >= 0.3 is 0 Å². The number of halogens is 1. The Morgan fingerprint density at radius 2 is 2.20 bits per heavy atom. The lowest BCUT2D eigenvalue weighted by Crippen LogP contribution is -2.38. The molecule has 0 aliphatic carbocycles. The van der Waals surface area contributed by atoms with Gasteiger partial charge in [0.2, 0.25) is 0 Å². The monoisotopic (exact) mass is 300 g/mol. The van der Waals surface area contributed by atoms with Crippen molar-refractivity contribution in [2.24, 2.45) is 0 Å². The molecule has 114 valence electrons. The zero-order valence-electron chi connectivity index (χ0n) is 12.5. The molecule has 0 saturated carbocycles. The predicted molar refractivity (Wildman–Crippen MR) is 83.2 cm³/mol. The van der Waals surface area contributed by atoms with Gasteiger partial charge in [0, 0.05) is 37.8 Å². The van der Waals surface area contributed by atoms with E-state index in [1.807, 2.05) is 25.2 Å². The number of methoxy groups -OCH3 is 1. The Morgan fingerprint density at radius 1 is 1.45 bits per heavy atom. The van der Waals surface area contributed by atoms with Gasteiger partial charge in [0.05, 0.1) is 12.7 Å². The van der Waals surface area contributed by atoms with E-state index < -0.39 is 6.10 Å². The fraction of sp³-hybridized carbons (Fsp3) is 0.600. The molecule has 0 fully saturated rings. The molecule has 0 radical (unpaired) electrons. The van der Waals surface area contributed by atoms with Crippen LogP contribution >= 0.6 is 11.6 Å². The van der Waals surface area contributed by atoms with Gasteiger partial charge < -0.3 is 15.2 Å². The number of aliphatic hydroxyl groups excluding tert-OH is 1. The first-order valence-corrected chi connectivity index (χ1v) is 7.25. The van der Waals surface area contributed by atoms with Gasteiger partial charge in [-0.15, -0.1) is 0 Å². The summed E-state index contributed by atoms with van der Waals surface area (Å²) in [5.74, 6) is 0. The third-order valence-electron chi connectivity index (χ3n) is 3.35. The molecule has 2 atom stereocenters. The van der Waals surface area contributed by atoms with Crippen LogP contribution in [0.25, 0.3) is 0 Å². The van der Waals surface area contributed by atoms with Crippen molar-refractivity contribution in [2.45, 2.75) is 19.1 Å². The Balaban J connectivity index is 2.39. The van der Waals surface area contributed by atoms with E-state index in [0.717, 1.165) is 17.1 Å². The first-order chi connectivity index (χ1) is 9.54. The minimum Gasteiger partial charge on any atom is -0.390 e. The first kappa shape index (κ1) is 17.4. The highest BCUT2D eigenvalue weighted by molar-refractivity contribution is 6.30. The van der Waals surface area contributed by atoms with Crippen LogP contribution < -0.4 is 5.32 Å². The summed E-state index contributed by atoms with van der Waals surface area (Å²) in [6, 6.07) is 8.04. The first-order valence-electron chi connectivity index (χ1n) is 6.88. The van der Waals surface area contributed by atoms with Gasteiger partial charge in [-0.1, -0.05) is 23.7 Å². The maximum absolute atomic E-state index is 10.00. The number of ether oxygens (including phenoxy) is 1. The van der Waals surface area contributed by atoms with Gasteiger partial charge in [-0.2, -0.15) is 0 Å². The van der Waals surface area contributed by atoms with Crippen LogP contribution in [0.15, 0.2) is 24.3 Å². The van der Waals surface area contributed by atoms with Crippen LogP contribution in [0.2, 0.25) is 5.02 Å². The van der Waals surface area contributed by atoms with E-state index in [1.54, 1.807) is 7.11 Å². The second-order valence-electron chi connectivity index (χ2n) is 5.02. The summed E-state index contributed by atoms with van der Waals surface area (Å²) in [7, 11) is 3.67. The lowest BCUT2D eigenvalue weighted by molar-refractivity contribution is 0.104. The van der Waals surface area contributed by atoms with Crippen LogP contribution in [0.3, 0.4) is 0 Å². The summed E-state index contributed by atoms with van der Waals surface area (Å²) in [4.78, 5) is 2.12. The lowest BCUT2D eigenvalue weighted by atomic mass is 10.1. The summed E-state index contributed by atoms with van der Waals surface area (Å²) < 4.78 is 4.94. The number of hydrogen-bond acceptors (Lipinski definition) is 4. The normalized spacial score (nSPS) is 14.5. The molecule has 1 aromatic rings. The van der Waals surface area contributed by atoms with Gasteiger partial charge in [-0.05, 0) is 31.7 Å². The number of nitrogens with one attached hydrogen (secondary N) is 1. The molecule has 1 aromatic carbocycles. The number of aliphatic hydroxyl groups is 1. The predicted octanol–water partition coefficient (Wildman–Crippen LogP) is 1.93. The molecule has 0 aliphatic rings. The summed E-state index contributed by atoms with van der Waals surface area (Å²) >= 11 is 6.01. The van der Waals surface area contributed by atoms with E-state index in [9.17, 15) is 5.11 Å². The number of rotatable bonds is 9. The summed E-state index contributed by atoms with van der Waals surface area (Å²) in [6.45, 7) is 4.68. The van der Waals surface area contributed by atoms with Crippen molar-refractivity contribution >= 4 is 11.6 Å². The third-order valence-corrected chi connectivity index (χ3v) is 3.59. The van der Waals surface area contributed by atoms with E-state index in [4.69, 9.17) is 16.3 Å². The van der Waals surface area contributed by atoms with Crippen molar-refractivity contribution in [1.29, 1.82) is 0 Å². The standard InChI is InChI=1S/C15H25ClN2O2/c1-12(13-5-4-6-14(16)9-13)18(2)11-15(19)10-17-7-8-20-3/h4-6,9,12,15,17,19H,7-8,10-11H2,1-3H3. The highest BCUT2D eigenvalue weighted by Crippen LogP contribution is 2.21. The Morgan fingerprint density at radius 3 is 2.85 bits per heavy atom. The molecule has 4 nitrogen and oxygen atoms in total. The van der Waals surface area contributed by atoms with Gasteiger partial charge in [0.25, 0.3) is 0 Å². The number of benzene rings is 1. The van der Waals surface area contributed by atoms with Crippen LogP contribution in [0.1, 0.15) is 18.5 Å². The molecule has 0 heterocycles. The Bertz CT molecular complexity index is 390. The Hall–Kier alpha value is -0.650. The van der Waals surface area contributed by atoms with Crippen molar-refractivity contribution < 1.29 is 9.84 Å². The zero-order chi connectivity index (χ0) is 15.0. The Labute approximate surface area is 126 Å². The van der Waals surface area contributed by atoms with E-state index in [2.05, 4.69) is 23.2 Å². The van der Waals surface area contributed by atoms with Crippen molar-refractivity contribution in [3.63, 3.8) is 0 Å². The van der Waals surface area contributed by atoms with Crippen LogP contribution in [0, 0.1) is 0 Å². The topological polar surface area (TPSA) is 44.7 Å². The molecular formula is C15H25ClN2O2. The molecule has 2 unspecified atom stereocenters. The van der Waals surface area contributed by atoms with Gasteiger partial charge in [0.1, 0.15) is 0 Å². The lowest BCUT2D eigenvalue weighted by Gasteiger charge is -2.27.